The minimum Gasteiger partial charge on any atom is -0.390 e. The van der Waals surface area contributed by atoms with Gasteiger partial charge in [0.2, 0.25) is 5.91 Å². The van der Waals surface area contributed by atoms with Crippen LogP contribution in [-0.2, 0) is 18.4 Å². The molecule has 0 radical (unpaired) electrons. The number of phosphoric ester groups is 1. The van der Waals surface area contributed by atoms with Gasteiger partial charge in [0.25, 0.3) is 0 Å². The first kappa shape index (κ1) is 51.4. The van der Waals surface area contributed by atoms with Crippen LogP contribution in [-0.4, -0.2) is 84.6 Å². The minimum atomic E-state index is -4.42. The molecule has 0 bridgehead atoms. The van der Waals surface area contributed by atoms with Crippen LogP contribution in [0.5, 0.6) is 0 Å². The zero-order valence-corrected chi connectivity index (χ0v) is 35.5. The lowest BCUT2D eigenvalue weighted by molar-refractivity contribution is -0.870. The number of carbonyl (C=O) groups excluding carboxylic acids is 1. The fraction of sp³-hybridized carbons (Fsp3) is 0.791. The molecule has 0 heterocycles. The summed E-state index contributed by atoms with van der Waals surface area (Å²) < 4.78 is 23.4. The number of aliphatic hydroxyl groups excluding tert-OH is 2. The molecule has 4 atom stereocenters. The maximum atomic E-state index is 12.9. The Bertz CT molecular complexity index is 1020. The van der Waals surface area contributed by atoms with Crippen LogP contribution in [0.25, 0.3) is 0 Å². The number of quaternary nitrogens is 1. The van der Waals surface area contributed by atoms with E-state index < -0.39 is 32.7 Å². The number of rotatable bonds is 37. The number of amides is 1. The summed E-state index contributed by atoms with van der Waals surface area (Å²) in [6.07, 6.45) is 38.8. The van der Waals surface area contributed by atoms with Crippen molar-refractivity contribution in [1.29, 1.82) is 0 Å². The Morgan fingerprint density at radius 3 is 1.72 bits per heavy atom. The van der Waals surface area contributed by atoms with Gasteiger partial charge in [0, 0.05) is 6.42 Å². The number of carbonyl (C=O) groups is 1. The molecule has 0 rings (SSSR count). The lowest BCUT2D eigenvalue weighted by Crippen LogP contribution is -2.51. The number of nitrogens with zero attached hydrogens (tertiary/aromatic N) is 1. The Morgan fingerprint density at radius 1 is 0.679 bits per heavy atom. The van der Waals surface area contributed by atoms with Crippen LogP contribution >= 0.6 is 7.82 Å². The largest absolute Gasteiger partial charge is 0.472 e. The molecule has 0 aliphatic carbocycles. The summed E-state index contributed by atoms with van der Waals surface area (Å²) >= 11 is 0. The van der Waals surface area contributed by atoms with Crippen LogP contribution in [0.3, 0.4) is 0 Å². The molecule has 0 aromatic rings. The fourth-order valence-electron chi connectivity index (χ4n) is 5.78. The Balaban J connectivity index is 4.60. The third-order valence-electron chi connectivity index (χ3n) is 9.18. The van der Waals surface area contributed by atoms with Gasteiger partial charge in [-0.1, -0.05) is 152 Å². The van der Waals surface area contributed by atoms with Gasteiger partial charge >= 0.3 is 7.82 Å². The highest BCUT2D eigenvalue weighted by Crippen LogP contribution is 2.43. The molecular weight excluding hydrogens is 687 g/mol. The van der Waals surface area contributed by atoms with Crippen molar-refractivity contribution >= 4 is 13.7 Å². The molecule has 0 fully saturated rings. The standard InChI is InChI=1S/C43H81N2O7P/c1-6-8-10-12-14-16-18-20-21-22-23-24-26-28-30-32-34-36-42(47)44-40(39-52-53(49,50)51-38-37-45(3,4)5)43(48)41(46)35-33-31-29-27-25-19-17-15-13-11-9-7-2/h8,10,14,16,20-21,23-24,40-41,43,46,48H,6-7,9,11-13,15,17-19,22,25-39H2,1-5H3,(H-,44,47,49,50)/p+1/b10-8-,16-14-,21-20-,24-23-. The summed E-state index contributed by atoms with van der Waals surface area (Å²) in [6, 6.07) is -1.05. The molecule has 0 aromatic carbocycles. The maximum Gasteiger partial charge on any atom is 0.472 e. The number of likely N-dealkylation sites (N-methyl/N-ethyl adjacent to an activating group) is 1. The van der Waals surface area contributed by atoms with Crippen molar-refractivity contribution in [2.45, 2.75) is 180 Å². The predicted molar refractivity (Wildman–Crippen MR) is 223 cm³/mol. The number of nitrogens with one attached hydrogen (secondary N) is 1. The smallest absolute Gasteiger partial charge is 0.390 e. The summed E-state index contributed by atoms with van der Waals surface area (Å²) in [5.74, 6) is -0.284. The normalized spacial score (nSPS) is 15.5. The molecule has 0 aliphatic rings. The molecule has 310 valence electrons. The first-order valence-electron chi connectivity index (χ1n) is 21.1. The molecule has 9 nitrogen and oxygen atoms in total. The van der Waals surface area contributed by atoms with Gasteiger partial charge in [-0.25, -0.2) is 4.57 Å². The molecule has 10 heteroatoms. The molecule has 0 saturated heterocycles. The van der Waals surface area contributed by atoms with E-state index in [1.54, 1.807) is 0 Å². The van der Waals surface area contributed by atoms with Gasteiger partial charge in [-0.15, -0.1) is 0 Å². The van der Waals surface area contributed by atoms with Crippen LogP contribution in [0, 0.1) is 0 Å². The Labute approximate surface area is 325 Å². The van der Waals surface area contributed by atoms with E-state index in [1.165, 1.54) is 57.8 Å². The Hall–Kier alpha value is -1.58. The van der Waals surface area contributed by atoms with E-state index in [2.05, 4.69) is 67.8 Å². The molecule has 0 spiro atoms. The summed E-state index contributed by atoms with van der Waals surface area (Å²) in [7, 11) is 1.41. The third kappa shape index (κ3) is 35.9. The van der Waals surface area contributed by atoms with Crippen molar-refractivity contribution < 1.29 is 38.0 Å². The number of aliphatic hydroxyl groups is 2. The van der Waals surface area contributed by atoms with Crippen LogP contribution in [0.1, 0.15) is 162 Å². The van der Waals surface area contributed by atoms with Gasteiger partial charge in [0.1, 0.15) is 19.3 Å². The zero-order valence-electron chi connectivity index (χ0n) is 34.6. The number of hydrogen-bond donors (Lipinski definition) is 4. The van der Waals surface area contributed by atoms with Crippen LogP contribution in [0.15, 0.2) is 48.6 Å². The van der Waals surface area contributed by atoms with Crippen molar-refractivity contribution in [3.05, 3.63) is 48.6 Å². The molecule has 4 unspecified atom stereocenters. The second kappa shape index (κ2) is 34.9. The van der Waals surface area contributed by atoms with E-state index in [9.17, 15) is 24.5 Å². The second-order valence-corrected chi connectivity index (χ2v) is 16.9. The predicted octanol–water partition coefficient (Wildman–Crippen LogP) is 10.3. The fourth-order valence-corrected chi connectivity index (χ4v) is 6.51. The number of unbranched alkanes of at least 4 members (excludes halogenated alkanes) is 15. The van der Waals surface area contributed by atoms with E-state index in [0.717, 1.165) is 70.6 Å². The van der Waals surface area contributed by atoms with Crippen LogP contribution in [0.2, 0.25) is 0 Å². The highest BCUT2D eigenvalue weighted by atomic mass is 31.2. The maximum absolute atomic E-state index is 12.9. The van der Waals surface area contributed by atoms with Crippen molar-refractivity contribution in [3.8, 4) is 0 Å². The van der Waals surface area contributed by atoms with E-state index >= 15 is 0 Å². The summed E-state index contributed by atoms with van der Waals surface area (Å²) in [6.45, 7) is 4.45. The van der Waals surface area contributed by atoms with E-state index in [1.807, 2.05) is 21.1 Å². The van der Waals surface area contributed by atoms with Crippen molar-refractivity contribution in [3.63, 3.8) is 0 Å². The lowest BCUT2D eigenvalue weighted by Gasteiger charge is -2.28. The van der Waals surface area contributed by atoms with Crippen LogP contribution in [0.4, 0.5) is 0 Å². The highest BCUT2D eigenvalue weighted by molar-refractivity contribution is 7.47. The third-order valence-corrected chi connectivity index (χ3v) is 10.2. The topological polar surface area (TPSA) is 125 Å². The van der Waals surface area contributed by atoms with E-state index in [4.69, 9.17) is 9.05 Å². The Morgan fingerprint density at radius 2 is 1.17 bits per heavy atom. The van der Waals surface area contributed by atoms with Crippen molar-refractivity contribution in [1.82, 2.24) is 5.32 Å². The number of hydrogen-bond acceptors (Lipinski definition) is 6. The van der Waals surface area contributed by atoms with Crippen molar-refractivity contribution in [2.75, 3.05) is 40.9 Å². The number of allylic oxidation sites excluding steroid dienone is 8. The van der Waals surface area contributed by atoms with Gasteiger partial charge in [0.15, 0.2) is 0 Å². The SMILES string of the molecule is CC/C=C\C/C=C\C/C=C\C/C=C\CCCCCCC(=O)NC(COP(=O)(O)OCC[N+](C)(C)C)C(O)C(O)CCCCCCCCCCCCCC. The monoisotopic (exact) mass is 770 g/mol. The Kier molecular flexibility index (Phi) is 33.8. The molecule has 53 heavy (non-hydrogen) atoms. The molecule has 0 aliphatic heterocycles. The van der Waals surface area contributed by atoms with E-state index in [-0.39, 0.29) is 18.9 Å². The quantitative estimate of drug-likeness (QED) is 0.0215. The van der Waals surface area contributed by atoms with Gasteiger partial charge in [-0.3, -0.25) is 13.8 Å². The molecule has 0 saturated carbocycles. The van der Waals surface area contributed by atoms with Gasteiger partial charge < -0.3 is 24.9 Å². The van der Waals surface area contributed by atoms with Crippen molar-refractivity contribution in [2.24, 2.45) is 0 Å². The number of phosphoric acid groups is 1. The average molecular weight is 770 g/mol. The zero-order chi connectivity index (χ0) is 39.5. The van der Waals surface area contributed by atoms with Crippen LogP contribution < -0.4 is 5.32 Å². The molecule has 0 aromatic heterocycles. The highest BCUT2D eigenvalue weighted by Gasteiger charge is 2.31. The summed E-state index contributed by atoms with van der Waals surface area (Å²) in [4.78, 5) is 23.1. The second-order valence-electron chi connectivity index (χ2n) is 15.5. The van der Waals surface area contributed by atoms with E-state index in [0.29, 0.717) is 23.9 Å². The average Bonchev–Trinajstić information content (AvgIpc) is 3.10. The molecular formula is C43H82N2O7P+. The summed E-state index contributed by atoms with van der Waals surface area (Å²) in [5, 5.41) is 24.6. The van der Waals surface area contributed by atoms with Gasteiger partial charge in [0.05, 0.1) is 39.9 Å². The summed E-state index contributed by atoms with van der Waals surface area (Å²) in [5.41, 5.74) is 0. The molecule has 4 N–H and O–H groups in total. The minimum absolute atomic E-state index is 0.0146. The lowest BCUT2D eigenvalue weighted by atomic mass is 9.99. The molecule has 1 amide bonds. The first-order valence-corrected chi connectivity index (χ1v) is 22.6. The van der Waals surface area contributed by atoms with Gasteiger partial charge in [-0.2, -0.15) is 0 Å². The van der Waals surface area contributed by atoms with Gasteiger partial charge in [-0.05, 0) is 51.4 Å². The first-order chi connectivity index (χ1) is 25.4.